The zero-order chi connectivity index (χ0) is 20.9. The van der Waals surface area contributed by atoms with Crippen molar-refractivity contribution < 1.29 is 9.21 Å². The normalized spacial score (nSPS) is 10.9. The minimum Gasteiger partial charge on any atom is -0.441 e. The number of halogens is 2. The molecule has 0 aliphatic carbocycles. The molecule has 0 saturated carbocycles. The van der Waals surface area contributed by atoms with Gasteiger partial charge in [-0.05, 0) is 23.8 Å². The number of nitrogens with one attached hydrogen (secondary N) is 1. The number of oxazole rings is 1. The Bertz CT molecular complexity index is 1160. The molecule has 4 rings (SSSR count). The van der Waals surface area contributed by atoms with E-state index >= 15 is 0 Å². The van der Waals surface area contributed by atoms with Gasteiger partial charge in [0.2, 0.25) is 5.91 Å². The monoisotopic (exact) mass is 457 g/mol. The van der Waals surface area contributed by atoms with Gasteiger partial charge in [0, 0.05) is 40.9 Å². The third-order valence-corrected chi connectivity index (χ3v) is 5.80. The fourth-order valence-corrected chi connectivity index (χ4v) is 4.25. The van der Waals surface area contributed by atoms with E-state index in [1.165, 1.54) is 16.9 Å². The summed E-state index contributed by atoms with van der Waals surface area (Å²) in [6, 6.07) is 15.3. The van der Waals surface area contributed by atoms with Crippen LogP contribution in [0, 0.1) is 0 Å². The lowest BCUT2D eigenvalue weighted by Gasteiger charge is -2.01. The van der Waals surface area contributed by atoms with E-state index in [0.29, 0.717) is 38.8 Å². The first-order chi connectivity index (χ1) is 14.6. The summed E-state index contributed by atoms with van der Waals surface area (Å²) in [7, 11) is 0. The van der Waals surface area contributed by atoms with Crippen LogP contribution in [-0.2, 0) is 17.6 Å². The number of hydrogen-bond acceptors (Lipinski definition) is 5. The number of benzene rings is 2. The van der Waals surface area contributed by atoms with Crippen molar-refractivity contribution in [3.05, 3.63) is 87.3 Å². The largest absolute Gasteiger partial charge is 0.441 e. The molecule has 0 radical (unpaired) electrons. The van der Waals surface area contributed by atoms with Crippen molar-refractivity contribution >= 4 is 45.6 Å². The maximum atomic E-state index is 12.3. The number of thiazole rings is 1. The molecule has 0 bridgehead atoms. The van der Waals surface area contributed by atoms with Crippen molar-refractivity contribution in [3.8, 4) is 11.3 Å². The molecule has 1 amide bonds. The van der Waals surface area contributed by atoms with Crippen molar-refractivity contribution in [3.63, 3.8) is 0 Å². The summed E-state index contributed by atoms with van der Waals surface area (Å²) in [6.07, 6.45) is 4.80. The van der Waals surface area contributed by atoms with Gasteiger partial charge in [-0.3, -0.25) is 4.79 Å². The van der Waals surface area contributed by atoms with Gasteiger partial charge < -0.3 is 9.73 Å². The van der Waals surface area contributed by atoms with Gasteiger partial charge >= 0.3 is 0 Å². The molecule has 2 aromatic heterocycles. The Morgan fingerprint density at radius 3 is 2.70 bits per heavy atom. The lowest BCUT2D eigenvalue weighted by Crippen LogP contribution is -2.12. The first-order valence-corrected chi connectivity index (χ1v) is 10.8. The standard InChI is InChI=1S/C22H17Cl2N3O2S/c23-15-6-7-17(18(24)11-15)19-13-25-21(29-19)9-8-20(28)27-22-26-12-16(30-22)10-14-4-2-1-3-5-14/h1-7,11-13H,8-10H2,(H,26,27,28). The maximum absolute atomic E-state index is 12.3. The van der Waals surface area contributed by atoms with Crippen LogP contribution < -0.4 is 5.32 Å². The van der Waals surface area contributed by atoms with Crippen LogP contribution in [-0.4, -0.2) is 15.9 Å². The van der Waals surface area contributed by atoms with Gasteiger partial charge in [0.05, 0.1) is 11.2 Å². The highest BCUT2D eigenvalue weighted by atomic mass is 35.5. The summed E-state index contributed by atoms with van der Waals surface area (Å²) in [5, 5.41) is 4.46. The average molecular weight is 458 g/mol. The summed E-state index contributed by atoms with van der Waals surface area (Å²) in [6.45, 7) is 0. The van der Waals surface area contributed by atoms with E-state index < -0.39 is 0 Å². The summed E-state index contributed by atoms with van der Waals surface area (Å²) in [5.41, 5.74) is 1.91. The zero-order valence-electron chi connectivity index (χ0n) is 15.8. The van der Waals surface area contributed by atoms with E-state index in [4.69, 9.17) is 27.6 Å². The molecule has 5 nitrogen and oxygen atoms in total. The first kappa shape index (κ1) is 20.6. The second-order valence-corrected chi connectivity index (χ2v) is 8.54. The Morgan fingerprint density at radius 2 is 1.90 bits per heavy atom. The van der Waals surface area contributed by atoms with E-state index in [-0.39, 0.29) is 12.3 Å². The van der Waals surface area contributed by atoms with E-state index in [2.05, 4.69) is 27.4 Å². The van der Waals surface area contributed by atoms with E-state index in [0.717, 1.165) is 11.3 Å². The Hall–Kier alpha value is -2.67. The van der Waals surface area contributed by atoms with E-state index in [9.17, 15) is 4.79 Å². The predicted octanol–water partition coefficient (Wildman–Crippen LogP) is 6.27. The van der Waals surface area contributed by atoms with Gasteiger partial charge in [0.15, 0.2) is 16.8 Å². The number of carbonyl (C=O) groups excluding carboxylic acids is 1. The number of amides is 1. The maximum Gasteiger partial charge on any atom is 0.226 e. The smallest absolute Gasteiger partial charge is 0.226 e. The van der Waals surface area contributed by atoms with Gasteiger partial charge in [-0.1, -0.05) is 53.5 Å². The van der Waals surface area contributed by atoms with Crippen LogP contribution in [0.2, 0.25) is 10.0 Å². The van der Waals surface area contributed by atoms with Crippen LogP contribution >= 0.6 is 34.5 Å². The van der Waals surface area contributed by atoms with Crippen LogP contribution in [0.1, 0.15) is 22.8 Å². The quantitative estimate of drug-likeness (QED) is 0.355. The van der Waals surface area contributed by atoms with Gasteiger partial charge in [-0.25, -0.2) is 9.97 Å². The van der Waals surface area contributed by atoms with Gasteiger partial charge in [0.1, 0.15) is 0 Å². The molecule has 2 aromatic carbocycles. The second kappa shape index (κ2) is 9.43. The molecule has 0 unspecified atom stereocenters. The van der Waals surface area contributed by atoms with Crippen molar-refractivity contribution in [2.24, 2.45) is 0 Å². The molecular formula is C22H17Cl2N3O2S. The molecule has 1 N–H and O–H groups in total. The molecule has 0 spiro atoms. The number of anilines is 1. The Morgan fingerprint density at radius 1 is 1.07 bits per heavy atom. The number of rotatable bonds is 7. The first-order valence-electron chi connectivity index (χ1n) is 9.25. The summed E-state index contributed by atoms with van der Waals surface area (Å²) in [4.78, 5) is 21.9. The van der Waals surface area contributed by atoms with Gasteiger partial charge in [-0.15, -0.1) is 11.3 Å². The zero-order valence-corrected chi connectivity index (χ0v) is 18.1. The van der Waals surface area contributed by atoms with Crippen LogP contribution in [0.4, 0.5) is 5.13 Å². The minimum absolute atomic E-state index is 0.139. The molecule has 0 fully saturated rings. The fourth-order valence-electron chi connectivity index (χ4n) is 2.89. The highest BCUT2D eigenvalue weighted by molar-refractivity contribution is 7.15. The molecule has 8 heteroatoms. The highest BCUT2D eigenvalue weighted by Gasteiger charge is 2.13. The van der Waals surface area contributed by atoms with Crippen molar-refractivity contribution in [1.82, 2.24) is 9.97 Å². The van der Waals surface area contributed by atoms with Crippen molar-refractivity contribution in [1.29, 1.82) is 0 Å². The molecule has 0 atom stereocenters. The molecule has 0 saturated heterocycles. The van der Waals surface area contributed by atoms with Crippen LogP contribution in [0.3, 0.4) is 0 Å². The molecule has 4 aromatic rings. The van der Waals surface area contributed by atoms with Crippen molar-refractivity contribution in [2.75, 3.05) is 5.32 Å². The molecule has 0 aliphatic heterocycles. The molecule has 152 valence electrons. The summed E-state index contributed by atoms with van der Waals surface area (Å²) in [5.74, 6) is 0.868. The lowest BCUT2D eigenvalue weighted by atomic mass is 10.1. The molecule has 30 heavy (non-hydrogen) atoms. The third kappa shape index (κ3) is 5.27. The number of carbonyl (C=O) groups is 1. The summed E-state index contributed by atoms with van der Waals surface area (Å²) < 4.78 is 5.73. The lowest BCUT2D eigenvalue weighted by molar-refractivity contribution is -0.116. The average Bonchev–Trinajstić information content (AvgIpc) is 3.37. The van der Waals surface area contributed by atoms with Crippen LogP contribution in [0.25, 0.3) is 11.3 Å². The number of aromatic nitrogens is 2. The van der Waals surface area contributed by atoms with Crippen LogP contribution in [0.15, 0.2) is 65.3 Å². The van der Waals surface area contributed by atoms with Crippen molar-refractivity contribution in [2.45, 2.75) is 19.3 Å². The SMILES string of the molecule is O=C(CCc1ncc(-c2ccc(Cl)cc2Cl)o1)Nc1ncc(Cc2ccccc2)s1. The fraction of sp³-hybridized carbons (Fsp3) is 0.136. The van der Waals surface area contributed by atoms with Gasteiger partial charge in [0.25, 0.3) is 0 Å². The Kier molecular flexibility index (Phi) is 6.47. The van der Waals surface area contributed by atoms with Crippen LogP contribution in [0.5, 0.6) is 0 Å². The Labute approximate surface area is 187 Å². The van der Waals surface area contributed by atoms with Gasteiger partial charge in [-0.2, -0.15) is 0 Å². The molecular weight excluding hydrogens is 441 g/mol. The number of nitrogens with zero attached hydrogens (tertiary/aromatic N) is 2. The topological polar surface area (TPSA) is 68.0 Å². The summed E-state index contributed by atoms with van der Waals surface area (Å²) >= 11 is 13.6. The number of aryl methyl sites for hydroxylation is 1. The second-order valence-electron chi connectivity index (χ2n) is 6.58. The third-order valence-electron chi connectivity index (χ3n) is 4.34. The van der Waals surface area contributed by atoms with E-state index in [1.54, 1.807) is 30.6 Å². The highest BCUT2D eigenvalue weighted by Crippen LogP contribution is 2.31. The number of hydrogen-bond donors (Lipinski definition) is 1. The van der Waals surface area contributed by atoms with E-state index in [1.807, 2.05) is 18.2 Å². The minimum atomic E-state index is -0.139. The molecule has 0 aliphatic rings. The molecule has 2 heterocycles. The predicted molar refractivity (Wildman–Crippen MR) is 120 cm³/mol. The Balaban J connectivity index is 1.31.